The van der Waals surface area contributed by atoms with Crippen LogP contribution in [0.3, 0.4) is 0 Å². The molecule has 1 rings (SSSR count). The summed E-state index contributed by atoms with van der Waals surface area (Å²) in [6.07, 6.45) is 3.82. The van der Waals surface area contributed by atoms with E-state index in [0.717, 1.165) is 32.2 Å². The molecule has 0 saturated carbocycles. The molecule has 0 aliphatic carbocycles. The number of rotatable bonds is 7. The van der Waals surface area contributed by atoms with Gasteiger partial charge in [-0.2, -0.15) is 0 Å². The summed E-state index contributed by atoms with van der Waals surface area (Å²) in [6, 6.07) is 0. The highest BCUT2D eigenvalue weighted by atomic mass is 16.2. The highest BCUT2D eigenvalue weighted by Gasteiger charge is 2.39. The molecule has 5 nitrogen and oxygen atoms in total. The first-order valence-corrected chi connectivity index (χ1v) is 7.33. The van der Waals surface area contributed by atoms with Gasteiger partial charge in [0.15, 0.2) is 0 Å². The fraction of sp³-hybridized carbons (Fsp3) is 0.857. The topological polar surface area (TPSA) is 70.2 Å². The van der Waals surface area contributed by atoms with Gasteiger partial charge in [-0.15, -0.1) is 0 Å². The van der Waals surface area contributed by atoms with Crippen molar-refractivity contribution in [3.8, 4) is 0 Å². The molecule has 1 fully saturated rings. The van der Waals surface area contributed by atoms with Gasteiger partial charge in [-0.3, -0.25) is 9.59 Å². The second kappa shape index (κ2) is 7.48. The number of hydrogen-bond donors (Lipinski definition) is 3. The van der Waals surface area contributed by atoms with E-state index in [9.17, 15) is 9.59 Å². The SMILES string of the molecule is CCCC1(C(=O)NCCNC(=O)C(C)C)CCCN1. The number of hydrogen-bond acceptors (Lipinski definition) is 3. The van der Waals surface area contributed by atoms with Gasteiger partial charge >= 0.3 is 0 Å². The zero-order chi connectivity index (χ0) is 14.3. The first-order valence-electron chi connectivity index (χ1n) is 7.33. The fourth-order valence-corrected chi connectivity index (χ4v) is 2.49. The Morgan fingerprint density at radius 2 is 1.95 bits per heavy atom. The van der Waals surface area contributed by atoms with Crippen LogP contribution in [0.15, 0.2) is 0 Å². The van der Waals surface area contributed by atoms with Crippen molar-refractivity contribution in [3.05, 3.63) is 0 Å². The van der Waals surface area contributed by atoms with E-state index < -0.39 is 0 Å². The van der Waals surface area contributed by atoms with E-state index in [1.54, 1.807) is 0 Å². The maximum Gasteiger partial charge on any atom is 0.240 e. The molecule has 3 N–H and O–H groups in total. The van der Waals surface area contributed by atoms with Gasteiger partial charge in [-0.1, -0.05) is 27.2 Å². The average Bonchev–Trinajstić information content (AvgIpc) is 2.84. The van der Waals surface area contributed by atoms with Crippen LogP contribution in [-0.2, 0) is 9.59 Å². The number of amides is 2. The fourth-order valence-electron chi connectivity index (χ4n) is 2.49. The molecular formula is C14H27N3O2. The first-order chi connectivity index (χ1) is 9.02. The van der Waals surface area contributed by atoms with Gasteiger partial charge in [-0.05, 0) is 25.8 Å². The van der Waals surface area contributed by atoms with Crippen LogP contribution in [0.1, 0.15) is 46.5 Å². The molecule has 5 heteroatoms. The Labute approximate surface area is 115 Å². The summed E-state index contributed by atoms with van der Waals surface area (Å²) in [6.45, 7) is 7.70. The first kappa shape index (κ1) is 16.0. The quantitative estimate of drug-likeness (QED) is 0.599. The van der Waals surface area contributed by atoms with Crippen LogP contribution in [0.25, 0.3) is 0 Å². The Kier molecular flexibility index (Phi) is 6.28. The van der Waals surface area contributed by atoms with Gasteiger partial charge in [0.1, 0.15) is 0 Å². The van der Waals surface area contributed by atoms with Gasteiger partial charge in [0, 0.05) is 19.0 Å². The van der Waals surface area contributed by atoms with Gasteiger partial charge in [0.05, 0.1) is 5.54 Å². The predicted octanol–water partition coefficient (Wildman–Crippen LogP) is 0.797. The van der Waals surface area contributed by atoms with Crippen LogP contribution in [0.2, 0.25) is 0 Å². The van der Waals surface area contributed by atoms with E-state index in [2.05, 4.69) is 22.9 Å². The number of carbonyl (C=O) groups excluding carboxylic acids is 2. The second-order valence-electron chi connectivity index (χ2n) is 5.56. The molecule has 1 aliphatic heterocycles. The lowest BCUT2D eigenvalue weighted by Gasteiger charge is -2.27. The molecular weight excluding hydrogens is 242 g/mol. The zero-order valence-electron chi connectivity index (χ0n) is 12.3. The summed E-state index contributed by atoms with van der Waals surface area (Å²) >= 11 is 0. The van der Waals surface area contributed by atoms with Crippen LogP contribution in [0.5, 0.6) is 0 Å². The minimum Gasteiger partial charge on any atom is -0.354 e. The lowest BCUT2D eigenvalue weighted by Crippen LogP contribution is -2.54. The molecule has 0 bridgehead atoms. The summed E-state index contributed by atoms with van der Waals surface area (Å²) in [5, 5.41) is 9.07. The van der Waals surface area contributed by atoms with E-state index in [4.69, 9.17) is 0 Å². The van der Waals surface area contributed by atoms with Crippen molar-refractivity contribution >= 4 is 11.8 Å². The summed E-state index contributed by atoms with van der Waals surface area (Å²) in [5.41, 5.74) is -0.378. The molecule has 0 spiro atoms. The van der Waals surface area contributed by atoms with Crippen LogP contribution in [0.4, 0.5) is 0 Å². The van der Waals surface area contributed by atoms with Crippen molar-refractivity contribution in [2.75, 3.05) is 19.6 Å². The Bertz CT molecular complexity index is 310. The predicted molar refractivity (Wildman–Crippen MR) is 75.7 cm³/mol. The smallest absolute Gasteiger partial charge is 0.240 e. The van der Waals surface area contributed by atoms with Crippen molar-refractivity contribution in [3.63, 3.8) is 0 Å². The van der Waals surface area contributed by atoms with Crippen LogP contribution >= 0.6 is 0 Å². The molecule has 1 aliphatic rings. The molecule has 1 atom stereocenters. The molecule has 1 saturated heterocycles. The highest BCUT2D eigenvalue weighted by molar-refractivity contribution is 5.86. The highest BCUT2D eigenvalue weighted by Crippen LogP contribution is 2.24. The standard InChI is InChI=1S/C14H27N3O2/c1-4-6-14(7-5-8-17-14)13(19)16-10-9-15-12(18)11(2)3/h11,17H,4-10H2,1-3H3,(H,15,18)(H,16,19). The monoisotopic (exact) mass is 269 g/mol. The molecule has 0 aromatic rings. The van der Waals surface area contributed by atoms with Crippen LogP contribution < -0.4 is 16.0 Å². The molecule has 1 unspecified atom stereocenters. The number of nitrogens with one attached hydrogen (secondary N) is 3. The molecule has 0 aromatic heterocycles. The number of carbonyl (C=O) groups is 2. The second-order valence-corrected chi connectivity index (χ2v) is 5.56. The molecule has 1 heterocycles. The van der Waals surface area contributed by atoms with Crippen molar-refractivity contribution in [1.29, 1.82) is 0 Å². The lowest BCUT2D eigenvalue weighted by atomic mass is 9.91. The zero-order valence-corrected chi connectivity index (χ0v) is 12.3. The van der Waals surface area contributed by atoms with Gasteiger partial charge in [-0.25, -0.2) is 0 Å². The molecule has 2 amide bonds. The maximum absolute atomic E-state index is 12.2. The van der Waals surface area contributed by atoms with E-state index in [-0.39, 0.29) is 23.3 Å². The van der Waals surface area contributed by atoms with Crippen molar-refractivity contribution in [1.82, 2.24) is 16.0 Å². The van der Waals surface area contributed by atoms with E-state index in [0.29, 0.717) is 13.1 Å². The minimum absolute atomic E-state index is 0.0152. The van der Waals surface area contributed by atoms with E-state index in [1.165, 1.54) is 0 Å². The summed E-state index contributed by atoms with van der Waals surface area (Å²) in [4.78, 5) is 23.6. The van der Waals surface area contributed by atoms with Gasteiger partial charge in [0.25, 0.3) is 0 Å². The molecule has 0 aromatic carbocycles. The summed E-state index contributed by atoms with van der Waals surface area (Å²) in [7, 11) is 0. The Morgan fingerprint density at radius 3 is 2.47 bits per heavy atom. The molecule has 110 valence electrons. The van der Waals surface area contributed by atoms with Gasteiger partial charge < -0.3 is 16.0 Å². The molecule has 19 heavy (non-hydrogen) atoms. The van der Waals surface area contributed by atoms with Crippen molar-refractivity contribution < 1.29 is 9.59 Å². The van der Waals surface area contributed by atoms with E-state index >= 15 is 0 Å². The lowest BCUT2D eigenvalue weighted by molar-refractivity contribution is -0.128. The van der Waals surface area contributed by atoms with E-state index in [1.807, 2.05) is 13.8 Å². The Hall–Kier alpha value is -1.10. The normalized spacial score (nSPS) is 22.5. The maximum atomic E-state index is 12.2. The summed E-state index contributed by atoms with van der Waals surface area (Å²) < 4.78 is 0. The third kappa shape index (κ3) is 4.49. The average molecular weight is 269 g/mol. The third-order valence-corrected chi connectivity index (χ3v) is 3.59. The van der Waals surface area contributed by atoms with Crippen LogP contribution in [-0.4, -0.2) is 37.0 Å². The largest absolute Gasteiger partial charge is 0.354 e. The van der Waals surface area contributed by atoms with Crippen LogP contribution in [0, 0.1) is 5.92 Å². The van der Waals surface area contributed by atoms with Gasteiger partial charge in [0.2, 0.25) is 11.8 Å². The van der Waals surface area contributed by atoms with Crippen molar-refractivity contribution in [2.24, 2.45) is 5.92 Å². The molecule has 0 radical (unpaired) electrons. The third-order valence-electron chi connectivity index (χ3n) is 3.59. The van der Waals surface area contributed by atoms with Crippen molar-refractivity contribution in [2.45, 2.75) is 52.0 Å². The minimum atomic E-state index is -0.378. The Balaban J connectivity index is 2.31. The Morgan fingerprint density at radius 1 is 1.26 bits per heavy atom. The summed E-state index contributed by atoms with van der Waals surface area (Å²) in [5.74, 6) is 0.0841.